The van der Waals surface area contributed by atoms with E-state index < -0.39 is 29.3 Å². The van der Waals surface area contributed by atoms with Gasteiger partial charge in [-0.1, -0.05) is 0 Å². The highest BCUT2D eigenvalue weighted by molar-refractivity contribution is 5.90. The number of esters is 1. The summed E-state index contributed by atoms with van der Waals surface area (Å²) in [5, 5.41) is 9.39. The van der Waals surface area contributed by atoms with Crippen LogP contribution in [0.1, 0.15) is 23.2 Å². The molecule has 1 heterocycles. The van der Waals surface area contributed by atoms with Gasteiger partial charge in [-0.2, -0.15) is 0 Å². The van der Waals surface area contributed by atoms with Crippen molar-refractivity contribution in [2.45, 2.75) is 18.9 Å². The van der Waals surface area contributed by atoms with Gasteiger partial charge in [0, 0.05) is 13.1 Å². The second-order valence-corrected chi connectivity index (χ2v) is 4.47. The number of ether oxygens (including phenoxy) is 1. The van der Waals surface area contributed by atoms with Crippen molar-refractivity contribution in [2.24, 2.45) is 0 Å². The molecule has 1 aliphatic rings. The lowest BCUT2D eigenvalue weighted by molar-refractivity contribution is 0.0594. The molecule has 0 unspecified atom stereocenters. The zero-order valence-corrected chi connectivity index (χ0v) is 10.5. The number of aliphatic hydroxyl groups excluding tert-OH is 1. The van der Waals surface area contributed by atoms with Gasteiger partial charge in [0.2, 0.25) is 0 Å². The molecule has 19 heavy (non-hydrogen) atoms. The molecule has 1 aromatic carbocycles. The minimum Gasteiger partial charge on any atom is -0.465 e. The lowest BCUT2D eigenvalue weighted by atomic mass is 10.1. The predicted octanol–water partition coefficient (Wildman–Crippen LogP) is 1.71. The highest BCUT2D eigenvalue weighted by Crippen LogP contribution is 2.27. The van der Waals surface area contributed by atoms with Gasteiger partial charge >= 0.3 is 5.97 Å². The predicted molar refractivity (Wildman–Crippen MR) is 65.2 cm³/mol. The quantitative estimate of drug-likeness (QED) is 0.832. The van der Waals surface area contributed by atoms with Crippen LogP contribution in [0.5, 0.6) is 0 Å². The van der Waals surface area contributed by atoms with E-state index in [1.165, 1.54) is 12.1 Å². The second-order valence-electron chi connectivity index (χ2n) is 4.47. The van der Waals surface area contributed by atoms with E-state index >= 15 is 0 Å². The maximum atomic E-state index is 14.0. The van der Waals surface area contributed by atoms with Crippen LogP contribution in [0.3, 0.4) is 0 Å². The molecule has 0 atom stereocenters. The van der Waals surface area contributed by atoms with Crippen molar-refractivity contribution in [3.05, 3.63) is 29.3 Å². The van der Waals surface area contributed by atoms with Gasteiger partial charge < -0.3 is 14.7 Å². The Balaban J connectivity index is 2.28. The summed E-state index contributed by atoms with van der Waals surface area (Å²) >= 11 is 0. The average molecular weight is 271 g/mol. The summed E-state index contributed by atoms with van der Waals surface area (Å²) < 4.78 is 32.1. The molecule has 6 heteroatoms. The fraction of sp³-hybridized carbons (Fsp3) is 0.462. The monoisotopic (exact) mass is 271 g/mol. The third-order valence-electron chi connectivity index (χ3n) is 3.27. The van der Waals surface area contributed by atoms with Gasteiger partial charge in [-0.15, -0.1) is 0 Å². The van der Waals surface area contributed by atoms with Crippen LogP contribution in [0.2, 0.25) is 0 Å². The lowest BCUT2D eigenvalue weighted by Gasteiger charge is -2.31. The minimum atomic E-state index is -1.20. The molecule has 0 saturated carbocycles. The first-order chi connectivity index (χ1) is 9.04. The SMILES string of the molecule is COC(=O)c1ccc(N2CCC(O)CC2)c(F)c1F. The van der Waals surface area contributed by atoms with Crippen molar-refractivity contribution in [3.63, 3.8) is 0 Å². The molecule has 0 spiro atoms. The third kappa shape index (κ3) is 2.68. The first kappa shape index (κ1) is 13.7. The molecule has 1 aliphatic heterocycles. The molecule has 1 N–H and O–H groups in total. The number of methoxy groups -OCH3 is 1. The number of halogens is 2. The van der Waals surface area contributed by atoms with Crippen molar-refractivity contribution in [2.75, 3.05) is 25.1 Å². The first-order valence-electron chi connectivity index (χ1n) is 6.04. The van der Waals surface area contributed by atoms with Crippen molar-refractivity contribution in [1.29, 1.82) is 0 Å². The number of anilines is 1. The third-order valence-corrected chi connectivity index (χ3v) is 3.27. The van der Waals surface area contributed by atoms with E-state index in [0.717, 1.165) is 7.11 Å². The number of piperidine rings is 1. The number of hydrogen-bond donors (Lipinski definition) is 1. The fourth-order valence-corrected chi connectivity index (χ4v) is 2.16. The minimum absolute atomic E-state index is 0.108. The summed E-state index contributed by atoms with van der Waals surface area (Å²) in [6.45, 7) is 0.907. The van der Waals surface area contributed by atoms with E-state index in [-0.39, 0.29) is 5.69 Å². The van der Waals surface area contributed by atoms with Crippen LogP contribution < -0.4 is 4.90 Å². The highest BCUT2D eigenvalue weighted by Gasteiger charge is 2.24. The Bertz CT molecular complexity index is 485. The number of carbonyl (C=O) groups is 1. The van der Waals surface area contributed by atoms with Crippen LogP contribution in [0.25, 0.3) is 0 Å². The topological polar surface area (TPSA) is 49.8 Å². The van der Waals surface area contributed by atoms with Crippen LogP contribution >= 0.6 is 0 Å². The molecular weight excluding hydrogens is 256 g/mol. The van der Waals surface area contributed by atoms with Gasteiger partial charge in [0.15, 0.2) is 11.6 Å². The first-order valence-corrected chi connectivity index (χ1v) is 6.04. The van der Waals surface area contributed by atoms with Crippen molar-refractivity contribution in [1.82, 2.24) is 0 Å². The van der Waals surface area contributed by atoms with Gasteiger partial charge in [0.1, 0.15) is 0 Å². The van der Waals surface area contributed by atoms with Crippen molar-refractivity contribution in [3.8, 4) is 0 Å². The Morgan fingerprint density at radius 2 is 1.95 bits per heavy atom. The maximum absolute atomic E-state index is 14.0. The van der Waals surface area contributed by atoms with Crippen LogP contribution in [0.4, 0.5) is 14.5 Å². The largest absolute Gasteiger partial charge is 0.465 e. The summed E-state index contributed by atoms with van der Waals surface area (Å²) in [5.41, 5.74) is -0.308. The summed E-state index contributed by atoms with van der Waals surface area (Å²) in [7, 11) is 1.11. The number of carbonyl (C=O) groups excluding carboxylic acids is 1. The Morgan fingerprint density at radius 1 is 1.32 bits per heavy atom. The van der Waals surface area contributed by atoms with Gasteiger partial charge in [-0.05, 0) is 25.0 Å². The van der Waals surface area contributed by atoms with Crippen LogP contribution in [0, 0.1) is 11.6 Å². The number of hydrogen-bond acceptors (Lipinski definition) is 4. The molecular formula is C13H15F2NO3. The zero-order valence-electron chi connectivity index (χ0n) is 10.5. The summed E-state index contributed by atoms with van der Waals surface area (Å²) in [4.78, 5) is 12.9. The van der Waals surface area contributed by atoms with E-state index in [1.807, 2.05) is 0 Å². The van der Waals surface area contributed by atoms with Gasteiger partial charge in [0.25, 0.3) is 0 Å². The van der Waals surface area contributed by atoms with Crippen LogP contribution in [-0.2, 0) is 4.74 Å². The Morgan fingerprint density at radius 3 is 2.53 bits per heavy atom. The Hall–Kier alpha value is -1.69. The van der Waals surface area contributed by atoms with E-state index in [4.69, 9.17) is 0 Å². The van der Waals surface area contributed by atoms with Gasteiger partial charge in [-0.3, -0.25) is 0 Å². The molecule has 104 valence electrons. The van der Waals surface area contributed by atoms with Crippen LogP contribution in [-0.4, -0.2) is 37.4 Å². The molecule has 2 rings (SSSR count). The molecule has 4 nitrogen and oxygen atoms in total. The number of nitrogens with zero attached hydrogens (tertiary/aromatic N) is 1. The smallest absolute Gasteiger partial charge is 0.340 e. The van der Waals surface area contributed by atoms with E-state index in [9.17, 15) is 18.7 Å². The summed E-state index contributed by atoms with van der Waals surface area (Å²) in [6.07, 6.45) is 0.637. The molecule has 0 bridgehead atoms. The van der Waals surface area contributed by atoms with Gasteiger partial charge in [0.05, 0.1) is 24.5 Å². The highest BCUT2D eigenvalue weighted by atomic mass is 19.2. The Labute approximate surface area is 109 Å². The Kier molecular flexibility index (Phi) is 3.99. The van der Waals surface area contributed by atoms with E-state index in [0.29, 0.717) is 25.9 Å². The molecule has 1 fully saturated rings. The number of aliphatic hydroxyl groups is 1. The van der Waals surface area contributed by atoms with Gasteiger partial charge in [-0.25, -0.2) is 13.6 Å². The summed E-state index contributed by atoms with van der Waals surface area (Å²) in [5.74, 6) is -3.16. The van der Waals surface area contributed by atoms with Crippen molar-refractivity contribution < 1.29 is 23.4 Å². The summed E-state index contributed by atoms with van der Waals surface area (Å²) in [6, 6.07) is 2.58. The lowest BCUT2D eigenvalue weighted by Crippen LogP contribution is -2.36. The second kappa shape index (κ2) is 5.52. The maximum Gasteiger partial charge on any atom is 0.340 e. The number of rotatable bonds is 2. The standard InChI is InChI=1S/C13H15F2NO3/c1-19-13(18)9-2-3-10(12(15)11(9)14)16-6-4-8(17)5-7-16/h2-3,8,17H,4-7H2,1H3. The fourth-order valence-electron chi connectivity index (χ4n) is 2.16. The normalized spacial score (nSPS) is 16.5. The molecule has 0 aromatic heterocycles. The zero-order chi connectivity index (χ0) is 14.0. The molecule has 1 aromatic rings. The molecule has 0 radical (unpaired) electrons. The van der Waals surface area contributed by atoms with E-state index in [1.54, 1.807) is 4.90 Å². The molecule has 0 amide bonds. The molecule has 0 aliphatic carbocycles. The molecule has 1 saturated heterocycles. The average Bonchev–Trinajstić information content (AvgIpc) is 2.42. The number of benzene rings is 1. The van der Waals surface area contributed by atoms with Crippen molar-refractivity contribution >= 4 is 11.7 Å². The van der Waals surface area contributed by atoms with E-state index in [2.05, 4.69) is 4.74 Å². The van der Waals surface area contributed by atoms with Crippen LogP contribution in [0.15, 0.2) is 12.1 Å².